The number of hydrogen-bond donors (Lipinski definition) is 2. The highest BCUT2D eigenvalue weighted by Gasteiger charge is 2.25. The predicted molar refractivity (Wildman–Crippen MR) is 65.7 cm³/mol. The van der Waals surface area contributed by atoms with Gasteiger partial charge in [-0.05, 0) is 12.1 Å². The number of aromatic nitrogens is 1. The van der Waals surface area contributed by atoms with Crippen molar-refractivity contribution >= 4 is 23.7 Å². The fraction of sp³-hybridized carbons (Fsp3) is 0.364. The number of nitrogens with one attached hydrogen (secondary N) is 2. The Kier molecular flexibility index (Phi) is 2.51. The molecule has 2 fully saturated rings. The highest BCUT2D eigenvalue weighted by atomic mass is 16.2. The monoisotopic (exact) mass is 247 g/mol. The number of rotatable bonds is 2. The van der Waals surface area contributed by atoms with Crippen LogP contribution in [0.1, 0.15) is 0 Å². The molecule has 0 saturated carbocycles. The van der Waals surface area contributed by atoms with Gasteiger partial charge in [0.1, 0.15) is 11.6 Å². The first-order valence-electron chi connectivity index (χ1n) is 5.83. The minimum Gasteiger partial charge on any atom is -0.336 e. The van der Waals surface area contributed by atoms with Crippen molar-refractivity contribution < 1.29 is 9.59 Å². The molecule has 1 aromatic heterocycles. The highest BCUT2D eigenvalue weighted by molar-refractivity contribution is 5.95. The number of pyridine rings is 1. The van der Waals surface area contributed by atoms with Crippen LogP contribution in [0.4, 0.5) is 21.2 Å². The van der Waals surface area contributed by atoms with Crippen LogP contribution in [0.5, 0.6) is 0 Å². The van der Waals surface area contributed by atoms with E-state index >= 15 is 0 Å². The van der Waals surface area contributed by atoms with E-state index in [0.717, 1.165) is 0 Å². The minimum absolute atomic E-state index is 0.148. The number of hydrogen-bond acceptors (Lipinski definition) is 3. The maximum atomic E-state index is 11.6. The molecule has 0 spiro atoms. The summed E-state index contributed by atoms with van der Waals surface area (Å²) in [6.07, 6.45) is 0. The molecular weight excluding hydrogens is 234 g/mol. The van der Waals surface area contributed by atoms with Crippen LogP contribution in [0.15, 0.2) is 18.2 Å². The van der Waals surface area contributed by atoms with E-state index < -0.39 is 0 Å². The lowest BCUT2D eigenvalue weighted by Gasteiger charge is -2.17. The van der Waals surface area contributed by atoms with E-state index in [9.17, 15) is 9.59 Å². The first-order valence-corrected chi connectivity index (χ1v) is 5.83. The van der Waals surface area contributed by atoms with Crippen LogP contribution in [0, 0.1) is 0 Å². The van der Waals surface area contributed by atoms with Crippen LogP contribution in [0.3, 0.4) is 0 Å². The van der Waals surface area contributed by atoms with Crippen LogP contribution in [-0.4, -0.2) is 43.2 Å². The van der Waals surface area contributed by atoms with Crippen molar-refractivity contribution in [2.24, 2.45) is 0 Å². The average molecular weight is 247 g/mol. The molecule has 2 aliphatic heterocycles. The zero-order chi connectivity index (χ0) is 12.5. The van der Waals surface area contributed by atoms with E-state index in [0.29, 0.717) is 37.8 Å². The highest BCUT2D eigenvalue weighted by Crippen LogP contribution is 2.19. The molecule has 0 aliphatic carbocycles. The predicted octanol–water partition coefficient (Wildman–Crippen LogP) is 0.141. The van der Waals surface area contributed by atoms with Gasteiger partial charge in [0.05, 0.1) is 0 Å². The summed E-state index contributed by atoms with van der Waals surface area (Å²) >= 11 is 0. The molecule has 1 aromatic rings. The Balaban J connectivity index is 1.89. The van der Waals surface area contributed by atoms with Crippen LogP contribution < -0.4 is 20.4 Å². The molecule has 18 heavy (non-hydrogen) atoms. The molecule has 3 rings (SSSR count). The van der Waals surface area contributed by atoms with Gasteiger partial charge in [0, 0.05) is 26.2 Å². The summed E-state index contributed by atoms with van der Waals surface area (Å²) in [7, 11) is 0. The Bertz CT molecular complexity index is 463. The number of anilines is 2. The van der Waals surface area contributed by atoms with E-state index in [1.54, 1.807) is 28.0 Å². The first-order chi connectivity index (χ1) is 8.75. The molecule has 4 amide bonds. The maximum absolute atomic E-state index is 11.6. The van der Waals surface area contributed by atoms with Crippen molar-refractivity contribution in [3.63, 3.8) is 0 Å². The summed E-state index contributed by atoms with van der Waals surface area (Å²) in [5.41, 5.74) is 0. The van der Waals surface area contributed by atoms with Gasteiger partial charge in [0.15, 0.2) is 0 Å². The largest absolute Gasteiger partial charge is 0.336 e. The van der Waals surface area contributed by atoms with Gasteiger partial charge in [-0.1, -0.05) is 6.07 Å². The normalized spacial score (nSPS) is 19.1. The lowest BCUT2D eigenvalue weighted by atomic mass is 10.4. The molecule has 94 valence electrons. The SMILES string of the molecule is O=C1NCCN1c1cccc(N2CCNC2=O)n1. The molecule has 3 heterocycles. The van der Waals surface area contributed by atoms with Crippen LogP contribution in [0.2, 0.25) is 0 Å². The van der Waals surface area contributed by atoms with Gasteiger partial charge in [-0.15, -0.1) is 0 Å². The van der Waals surface area contributed by atoms with Crippen molar-refractivity contribution in [1.82, 2.24) is 15.6 Å². The molecule has 2 saturated heterocycles. The molecule has 0 atom stereocenters. The third kappa shape index (κ3) is 1.73. The summed E-state index contributed by atoms with van der Waals surface area (Å²) in [4.78, 5) is 30.6. The third-order valence-electron chi connectivity index (χ3n) is 2.99. The maximum Gasteiger partial charge on any atom is 0.323 e. The zero-order valence-electron chi connectivity index (χ0n) is 9.72. The van der Waals surface area contributed by atoms with Crippen molar-refractivity contribution in [3.8, 4) is 0 Å². The quantitative estimate of drug-likeness (QED) is 0.780. The third-order valence-corrected chi connectivity index (χ3v) is 2.99. The second-order valence-electron chi connectivity index (χ2n) is 4.12. The molecular formula is C11H13N5O2. The van der Waals surface area contributed by atoms with E-state index in [1.165, 1.54) is 0 Å². The lowest BCUT2D eigenvalue weighted by molar-refractivity contribution is 0.251. The smallest absolute Gasteiger partial charge is 0.323 e. The second kappa shape index (κ2) is 4.17. The fourth-order valence-corrected chi connectivity index (χ4v) is 2.09. The van der Waals surface area contributed by atoms with Crippen molar-refractivity contribution in [2.75, 3.05) is 36.0 Å². The van der Waals surface area contributed by atoms with Crippen molar-refractivity contribution in [2.45, 2.75) is 0 Å². The standard InChI is InChI=1S/C11H13N5O2/c17-10-12-4-6-15(10)8-2-1-3-9(14-8)16-7-5-13-11(16)18/h1-3H,4-7H2,(H,12,17)(H,13,18). The number of nitrogens with zero attached hydrogens (tertiary/aromatic N) is 3. The van der Waals surface area contributed by atoms with Crippen LogP contribution >= 0.6 is 0 Å². The summed E-state index contributed by atoms with van der Waals surface area (Å²) < 4.78 is 0. The summed E-state index contributed by atoms with van der Waals surface area (Å²) in [5.74, 6) is 1.14. The van der Waals surface area contributed by atoms with Gasteiger partial charge in [0.25, 0.3) is 0 Å². The van der Waals surface area contributed by atoms with Gasteiger partial charge in [-0.2, -0.15) is 0 Å². The fourth-order valence-electron chi connectivity index (χ4n) is 2.09. The Labute approximate surface area is 104 Å². The molecule has 0 aromatic carbocycles. The zero-order valence-corrected chi connectivity index (χ0v) is 9.72. The number of amides is 4. The Hall–Kier alpha value is -2.31. The van der Waals surface area contributed by atoms with Crippen LogP contribution in [0.25, 0.3) is 0 Å². The summed E-state index contributed by atoms with van der Waals surface area (Å²) in [5, 5.41) is 5.44. The number of carbonyl (C=O) groups excluding carboxylic acids is 2. The van der Waals surface area contributed by atoms with Gasteiger partial charge in [-0.3, -0.25) is 9.80 Å². The molecule has 0 radical (unpaired) electrons. The Morgan fingerprint density at radius 1 is 0.944 bits per heavy atom. The number of carbonyl (C=O) groups is 2. The van der Waals surface area contributed by atoms with Gasteiger partial charge in [0.2, 0.25) is 0 Å². The average Bonchev–Trinajstić information content (AvgIpc) is 2.98. The summed E-state index contributed by atoms with van der Waals surface area (Å²) in [6.45, 7) is 2.44. The Morgan fingerprint density at radius 3 is 1.83 bits per heavy atom. The van der Waals surface area contributed by atoms with E-state index in [-0.39, 0.29) is 12.1 Å². The molecule has 0 bridgehead atoms. The molecule has 2 aliphatic rings. The second-order valence-corrected chi connectivity index (χ2v) is 4.12. The molecule has 0 unspecified atom stereocenters. The van der Waals surface area contributed by atoms with Crippen molar-refractivity contribution in [1.29, 1.82) is 0 Å². The number of urea groups is 2. The van der Waals surface area contributed by atoms with Crippen molar-refractivity contribution in [3.05, 3.63) is 18.2 Å². The molecule has 7 heteroatoms. The molecule has 2 N–H and O–H groups in total. The van der Waals surface area contributed by atoms with Gasteiger partial charge < -0.3 is 10.6 Å². The van der Waals surface area contributed by atoms with Gasteiger partial charge in [-0.25, -0.2) is 14.6 Å². The van der Waals surface area contributed by atoms with E-state index in [2.05, 4.69) is 15.6 Å². The first kappa shape index (κ1) is 10.8. The van der Waals surface area contributed by atoms with E-state index in [4.69, 9.17) is 0 Å². The lowest BCUT2D eigenvalue weighted by Crippen LogP contribution is -2.31. The summed E-state index contributed by atoms with van der Waals surface area (Å²) in [6, 6.07) is 5.04. The topological polar surface area (TPSA) is 77.6 Å². The van der Waals surface area contributed by atoms with E-state index in [1.807, 2.05) is 0 Å². The molecule has 7 nitrogen and oxygen atoms in total. The minimum atomic E-state index is -0.148. The van der Waals surface area contributed by atoms with Gasteiger partial charge >= 0.3 is 12.1 Å². The Morgan fingerprint density at radius 2 is 1.44 bits per heavy atom. The van der Waals surface area contributed by atoms with Crippen LogP contribution in [-0.2, 0) is 0 Å².